The maximum absolute atomic E-state index is 5.76. The van der Waals surface area contributed by atoms with Gasteiger partial charge in [0.15, 0.2) is 5.13 Å². The topological polar surface area (TPSA) is 42.1 Å². The SMILES string of the molecule is CCCN(CC(C)(C)CN)c1nccs1. The molecule has 0 aliphatic rings. The monoisotopic (exact) mass is 227 g/mol. The first kappa shape index (κ1) is 12.5. The second kappa shape index (κ2) is 5.47. The molecule has 0 aliphatic heterocycles. The van der Waals surface area contributed by atoms with Crippen molar-refractivity contribution in [2.45, 2.75) is 27.2 Å². The molecule has 0 bridgehead atoms. The fourth-order valence-electron chi connectivity index (χ4n) is 1.47. The average Bonchev–Trinajstić information content (AvgIpc) is 2.70. The lowest BCUT2D eigenvalue weighted by Gasteiger charge is -2.31. The van der Waals surface area contributed by atoms with Crippen LogP contribution in [0.3, 0.4) is 0 Å². The van der Waals surface area contributed by atoms with Crippen molar-refractivity contribution in [2.24, 2.45) is 11.1 Å². The van der Waals surface area contributed by atoms with E-state index in [9.17, 15) is 0 Å². The zero-order valence-corrected chi connectivity index (χ0v) is 10.7. The van der Waals surface area contributed by atoms with Crippen LogP contribution in [0, 0.1) is 5.41 Å². The van der Waals surface area contributed by atoms with E-state index in [-0.39, 0.29) is 5.41 Å². The Labute approximate surface area is 96.3 Å². The minimum Gasteiger partial charge on any atom is -0.348 e. The Morgan fingerprint density at radius 1 is 1.53 bits per heavy atom. The van der Waals surface area contributed by atoms with E-state index < -0.39 is 0 Å². The second-order valence-electron chi connectivity index (χ2n) is 4.60. The fraction of sp³-hybridized carbons (Fsp3) is 0.727. The molecule has 0 atom stereocenters. The molecule has 1 rings (SSSR count). The number of nitrogens with zero attached hydrogens (tertiary/aromatic N) is 2. The van der Waals surface area contributed by atoms with Gasteiger partial charge in [0, 0.05) is 24.7 Å². The van der Waals surface area contributed by atoms with Crippen LogP contribution in [0.1, 0.15) is 27.2 Å². The molecule has 1 aromatic heterocycles. The van der Waals surface area contributed by atoms with E-state index in [1.165, 1.54) is 0 Å². The summed E-state index contributed by atoms with van der Waals surface area (Å²) in [5.41, 5.74) is 5.91. The van der Waals surface area contributed by atoms with Gasteiger partial charge in [-0.3, -0.25) is 0 Å². The van der Waals surface area contributed by atoms with Crippen molar-refractivity contribution in [3.05, 3.63) is 11.6 Å². The fourth-order valence-corrected chi connectivity index (χ4v) is 2.14. The van der Waals surface area contributed by atoms with Crippen molar-refractivity contribution in [1.29, 1.82) is 0 Å². The van der Waals surface area contributed by atoms with E-state index in [1.54, 1.807) is 11.3 Å². The molecule has 0 amide bonds. The van der Waals surface area contributed by atoms with Crippen LogP contribution >= 0.6 is 11.3 Å². The number of nitrogens with two attached hydrogens (primary N) is 1. The van der Waals surface area contributed by atoms with E-state index in [2.05, 4.69) is 30.7 Å². The molecule has 3 nitrogen and oxygen atoms in total. The summed E-state index contributed by atoms with van der Waals surface area (Å²) in [5.74, 6) is 0. The minimum atomic E-state index is 0.154. The highest BCUT2D eigenvalue weighted by molar-refractivity contribution is 7.13. The van der Waals surface area contributed by atoms with E-state index >= 15 is 0 Å². The van der Waals surface area contributed by atoms with Crippen molar-refractivity contribution < 1.29 is 0 Å². The van der Waals surface area contributed by atoms with Crippen molar-refractivity contribution in [2.75, 3.05) is 24.5 Å². The molecule has 0 fully saturated rings. The summed E-state index contributed by atoms with van der Waals surface area (Å²) in [5, 5.41) is 3.13. The molecule has 15 heavy (non-hydrogen) atoms. The van der Waals surface area contributed by atoms with Gasteiger partial charge in [0.1, 0.15) is 0 Å². The van der Waals surface area contributed by atoms with Gasteiger partial charge in [-0.1, -0.05) is 20.8 Å². The largest absolute Gasteiger partial charge is 0.348 e. The number of rotatable bonds is 6. The third-order valence-corrected chi connectivity index (χ3v) is 3.19. The summed E-state index contributed by atoms with van der Waals surface area (Å²) in [7, 11) is 0. The smallest absolute Gasteiger partial charge is 0.185 e. The normalized spacial score (nSPS) is 11.7. The lowest BCUT2D eigenvalue weighted by molar-refractivity contribution is 0.377. The third-order valence-electron chi connectivity index (χ3n) is 2.35. The summed E-state index contributed by atoms with van der Waals surface area (Å²) >= 11 is 1.70. The summed E-state index contributed by atoms with van der Waals surface area (Å²) in [6.45, 7) is 9.32. The number of anilines is 1. The molecule has 0 aromatic carbocycles. The van der Waals surface area contributed by atoms with Gasteiger partial charge in [-0.15, -0.1) is 11.3 Å². The summed E-state index contributed by atoms with van der Waals surface area (Å²) in [6.07, 6.45) is 3.00. The van der Waals surface area contributed by atoms with E-state index in [0.717, 1.165) is 24.6 Å². The van der Waals surface area contributed by atoms with Crippen LogP contribution in [0.25, 0.3) is 0 Å². The minimum absolute atomic E-state index is 0.154. The molecule has 0 saturated heterocycles. The highest BCUT2D eigenvalue weighted by Crippen LogP contribution is 2.23. The molecule has 86 valence electrons. The predicted molar refractivity (Wildman–Crippen MR) is 67.5 cm³/mol. The molecule has 1 aromatic rings. The molecule has 4 heteroatoms. The van der Waals surface area contributed by atoms with Gasteiger partial charge in [-0.25, -0.2) is 4.98 Å². The Morgan fingerprint density at radius 3 is 2.73 bits per heavy atom. The van der Waals surface area contributed by atoms with Gasteiger partial charge in [-0.05, 0) is 18.4 Å². The van der Waals surface area contributed by atoms with Gasteiger partial charge >= 0.3 is 0 Å². The number of aromatic nitrogens is 1. The first-order chi connectivity index (χ1) is 7.09. The Balaban J connectivity index is 2.67. The van der Waals surface area contributed by atoms with E-state index in [4.69, 9.17) is 5.73 Å². The van der Waals surface area contributed by atoms with Crippen LogP contribution in [-0.2, 0) is 0 Å². The maximum Gasteiger partial charge on any atom is 0.185 e. The van der Waals surface area contributed by atoms with Crippen molar-refractivity contribution >= 4 is 16.5 Å². The van der Waals surface area contributed by atoms with Gasteiger partial charge < -0.3 is 10.6 Å². The highest BCUT2D eigenvalue weighted by atomic mass is 32.1. The zero-order chi connectivity index (χ0) is 11.3. The molecule has 0 saturated carbocycles. The molecular formula is C11H21N3S. The number of hydrogen-bond donors (Lipinski definition) is 1. The average molecular weight is 227 g/mol. The summed E-state index contributed by atoms with van der Waals surface area (Å²) < 4.78 is 0. The maximum atomic E-state index is 5.76. The molecule has 0 unspecified atom stereocenters. The van der Waals surface area contributed by atoms with Crippen LogP contribution < -0.4 is 10.6 Å². The lowest BCUT2D eigenvalue weighted by atomic mass is 9.93. The Hall–Kier alpha value is -0.610. The molecule has 0 spiro atoms. The van der Waals surface area contributed by atoms with Crippen molar-refractivity contribution in [3.63, 3.8) is 0 Å². The number of hydrogen-bond acceptors (Lipinski definition) is 4. The van der Waals surface area contributed by atoms with Crippen molar-refractivity contribution in [1.82, 2.24) is 4.98 Å². The third kappa shape index (κ3) is 3.80. The molecular weight excluding hydrogens is 206 g/mol. The van der Waals surface area contributed by atoms with Crippen molar-refractivity contribution in [3.8, 4) is 0 Å². The second-order valence-corrected chi connectivity index (χ2v) is 5.48. The Bertz CT molecular complexity index is 269. The predicted octanol–water partition coefficient (Wildman–Crippen LogP) is 2.34. The van der Waals surface area contributed by atoms with Crippen LogP contribution in [0.5, 0.6) is 0 Å². The first-order valence-electron chi connectivity index (χ1n) is 5.43. The molecule has 0 aliphatic carbocycles. The van der Waals surface area contributed by atoms with Crippen LogP contribution in [0.15, 0.2) is 11.6 Å². The molecule has 1 heterocycles. The summed E-state index contributed by atoms with van der Waals surface area (Å²) in [4.78, 5) is 6.69. The Morgan fingerprint density at radius 2 is 2.27 bits per heavy atom. The van der Waals surface area contributed by atoms with Gasteiger partial charge in [0.2, 0.25) is 0 Å². The van der Waals surface area contributed by atoms with Crippen LogP contribution in [0.4, 0.5) is 5.13 Å². The highest BCUT2D eigenvalue weighted by Gasteiger charge is 2.21. The van der Waals surface area contributed by atoms with Gasteiger partial charge in [0.25, 0.3) is 0 Å². The lowest BCUT2D eigenvalue weighted by Crippen LogP contribution is -2.39. The van der Waals surface area contributed by atoms with Crippen LogP contribution in [0.2, 0.25) is 0 Å². The standard InChI is InChI=1S/C11H21N3S/c1-4-6-14(9-11(2,3)8-12)10-13-5-7-15-10/h5,7H,4,6,8-9,12H2,1-3H3. The molecule has 2 N–H and O–H groups in total. The van der Waals surface area contributed by atoms with Crippen LogP contribution in [-0.4, -0.2) is 24.6 Å². The zero-order valence-electron chi connectivity index (χ0n) is 9.86. The number of thiazole rings is 1. The first-order valence-corrected chi connectivity index (χ1v) is 6.31. The quantitative estimate of drug-likeness (QED) is 0.811. The van der Waals surface area contributed by atoms with Gasteiger partial charge in [0.05, 0.1) is 0 Å². The Kier molecular flexibility index (Phi) is 4.54. The summed E-state index contributed by atoms with van der Waals surface area (Å²) in [6, 6.07) is 0. The van der Waals surface area contributed by atoms with Gasteiger partial charge in [-0.2, -0.15) is 0 Å². The molecule has 0 radical (unpaired) electrons. The van der Waals surface area contributed by atoms with E-state index in [0.29, 0.717) is 6.54 Å². The van der Waals surface area contributed by atoms with E-state index in [1.807, 2.05) is 11.6 Å².